The number of ketones is 1. The third-order valence-electron chi connectivity index (χ3n) is 17.4. The standard InChI is InChI=1S/C63H81N15O14S/c1-7-37-31(2)41-28-46-52(35(6)79)33(4)43(71-46)26-42-32(3)38(55(73-42)54-56-53(34(5)44(74-56)27-45(37)70-41)61(88)78(62(54)89)69-23-14-24-93(90,91)92)19-20-49(80)66-21-12-11-17-40-58(85)75-39(18-13-22-67-63(64)65)57(84)68-30-50(81)72-48(29-51(82)83)60(87)77-47(59(86)76-40)25-36-15-9-8-10-16-36/h8-10,15-16,26-28,31-32,37-40,47-48,69-70,74H,7,11-14,17-25,29-30H2,1-6H3,(H,66,80)(H,68,84)(H,72,81)(H,75,85)(H,76,86)(H,77,87)(H,82,83)(H4,64,65,67)(H,90,91,92)/t31?,32?,37-,38+,39?,40+,47?,48?/m1/s1. The number of carboxylic acids is 1. The van der Waals surface area contributed by atoms with Crippen LogP contribution in [0.2, 0.25) is 0 Å². The van der Waals surface area contributed by atoms with Gasteiger partial charge in [0.25, 0.3) is 21.9 Å². The topological polar surface area (TPSA) is 455 Å². The van der Waals surface area contributed by atoms with Crippen molar-refractivity contribution in [3.05, 3.63) is 105 Å². The smallest absolute Gasteiger partial charge is 0.305 e. The van der Waals surface area contributed by atoms with E-state index in [1.807, 2.05) is 19.1 Å². The molecule has 8 amide bonds. The fourth-order valence-electron chi connectivity index (χ4n) is 12.4. The molecule has 5 unspecified atom stereocenters. The van der Waals surface area contributed by atoms with Gasteiger partial charge in [0.2, 0.25) is 35.4 Å². The third-order valence-corrected chi connectivity index (χ3v) is 18.2. The number of imide groups is 1. The second-order valence-electron chi connectivity index (χ2n) is 24.0. The molecule has 29 nitrogen and oxygen atoms in total. The summed E-state index contributed by atoms with van der Waals surface area (Å²) in [5, 5.41) is 26.1. The fraction of sp³-hybridized carbons (Fsp3) is 0.476. The Morgan fingerprint density at radius 1 is 0.742 bits per heavy atom. The van der Waals surface area contributed by atoms with E-state index in [0.717, 1.165) is 22.8 Å². The summed E-state index contributed by atoms with van der Waals surface area (Å²) in [5.74, 6) is -10.0. The molecule has 0 radical (unpaired) electrons. The number of carbonyl (C=O) groups is 10. The summed E-state index contributed by atoms with van der Waals surface area (Å²) in [4.78, 5) is 159. The molecule has 7 heterocycles. The summed E-state index contributed by atoms with van der Waals surface area (Å²) in [6.45, 7) is 10.3. The number of aliphatic imine (C=N–C) groups is 1. The van der Waals surface area contributed by atoms with Gasteiger partial charge in [-0.2, -0.15) is 8.42 Å². The van der Waals surface area contributed by atoms with Crippen molar-refractivity contribution in [2.75, 3.05) is 31.9 Å². The van der Waals surface area contributed by atoms with Gasteiger partial charge in [0.05, 0.1) is 52.4 Å². The van der Waals surface area contributed by atoms with Crippen LogP contribution in [-0.2, 0) is 54.9 Å². The highest BCUT2D eigenvalue weighted by molar-refractivity contribution is 7.85. The molecule has 93 heavy (non-hydrogen) atoms. The number of unbranched alkanes of at least 4 members (excludes halogenated alkanes) is 1. The Morgan fingerprint density at radius 2 is 1.41 bits per heavy atom. The number of carboxylic acid groups (broad SMARTS) is 1. The third kappa shape index (κ3) is 17.0. The lowest BCUT2D eigenvalue weighted by atomic mass is 9.84. The lowest BCUT2D eigenvalue weighted by Gasteiger charge is -2.27. The van der Waals surface area contributed by atoms with Crippen molar-refractivity contribution in [3.63, 3.8) is 0 Å². The van der Waals surface area contributed by atoms with E-state index in [2.05, 4.69) is 66.1 Å². The first-order valence-electron chi connectivity index (χ1n) is 31.1. The SMILES string of the molecule is CC[C@H]1c2cc3[nH]c4c(c5nc(cc6nc(cc([nH]2)C1C)C(C(C)=O)=C6C)C(C)[C@@H]5CCC(=O)NCCCC[C@@H]1NC(=O)C(Cc2ccccc2)NC(=O)C(CC(=O)O)NC(=O)CNC(=O)C(CCCN=C(N)N)NC1=O)C(=O)N(NCCCS(=O)(=O)O)C(=O)c4c3C. The van der Waals surface area contributed by atoms with Gasteiger partial charge in [0.15, 0.2) is 11.7 Å². The number of Topliss-reactive ketones (excluding diaryl/α,β-unsaturated/α-hetero) is 1. The number of nitrogens with zero attached hydrogens (tertiary/aromatic N) is 4. The van der Waals surface area contributed by atoms with Crippen molar-refractivity contribution >= 4 is 97.3 Å². The number of allylic oxidation sites excluding steroid dienone is 2. The summed E-state index contributed by atoms with van der Waals surface area (Å²) in [5.41, 5.74) is 20.1. The van der Waals surface area contributed by atoms with E-state index in [9.17, 15) is 61.2 Å². The summed E-state index contributed by atoms with van der Waals surface area (Å²) in [7, 11) is -4.38. The Labute approximate surface area is 536 Å². The number of hydrazine groups is 1. The second kappa shape index (κ2) is 30.3. The summed E-state index contributed by atoms with van der Waals surface area (Å²) >= 11 is 0. The first kappa shape index (κ1) is 69.5. The number of hydrogen-bond donors (Lipinski definition) is 13. The van der Waals surface area contributed by atoms with Crippen molar-refractivity contribution in [2.24, 2.45) is 16.5 Å². The molecule has 15 N–H and O–H groups in total. The minimum absolute atomic E-state index is 0.0237. The lowest BCUT2D eigenvalue weighted by Crippen LogP contribution is -2.58. The van der Waals surface area contributed by atoms with Crippen LogP contribution < -0.4 is 48.8 Å². The molecule has 8 bridgehead atoms. The van der Waals surface area contributed by atoms with Gasteiger partial charge in [-0.3, -0.25) is 62.5 Å². The number of carbonyl (C=O) groups excluding carboxylic acids is 9. The van der Waals surface area contributed by atoms with Crippen LogP contribution in [0.1, 0.15) is 189 Å². The number of fused-ring (bicyclic) bond motifs is 8. The van der Waals surface area contributed by atoms with Gasteiger partial charge in [0, 0.05) is 84.3 Å². The highest BCUT2D eigenvalue weighted by Crippen LogP contribution is 2.45. The number of amides is 8. The Bertz CT molecular complexity index is 3860. The molecule has 5 aliphatic rings. The zero-order valence-electron chi connectivity index (χ0n) is 52.7. The molecular weight excluding hydrogens is 1220 g/mol. The molecule has 30 heteroatoms. The zero-order valence-corrected chi connectivity index (χ0v) is 53.5. The number of aliphatic carboxylic acids is 1. The molecule has 1 saturated heterocycles. The van der Waals surface area contributed by atoms with E-state index in [-0.39, 0.29) is 123 Å². The van der Waals surface area contributed by atoms with E-state index in [1.54, 1.807) is 50.2 Å². The van der Waals surface area contributed by atoms with Crippen molar-refractivity contribution in [1.82, 2.24) is 62.3 Å². The maximum atomic E-state index is 15.1. The average Bonchev–Trinajstić information content (AvgIpc) is 1.60. The minimum Gasteiger partial charge on any atom is -0.481 e. The van der Waals surface area contributed by atoms with Gasteiger partial charge >= 0.3 is 5.97 Å². The van der Waals surface area contributed by atoms with Gasteiger partial charge < -0.3 is 58.4 Å². The van der Waals surface area contributed by atoms with Crippen LogP contribution in [0.5, 0.6) is 0 Å². The first-order valence-corrected chi connectivity index (χ1v) is 32.7. The number of aromatic nitrogens is 4. The highest BCUT2D eigenvalue weighted by atomic mass is 32.2. The van der Waals surface area contributed by atoms with Crippen LogP contribution in [0.25, 0.3) is 22.2 Å². The molecule has 1 fully saturated rings. The van der Waals surface area contributed by atoms with Crippen molar-refractivity contribution in [2.45, 2.75) is 160 Å². The summed E-state index contributed by atoms with van der Waals surface area (Å²) in [6.07, 6.45) is 0.118. The number of nitrogens with one attached hydrogen (secondary N) is 9. The Morgan fingerprint density at radius 3 is 2.09 bits per heavy atom. The second-order valence-corrected chi connectivity index (χ2v) is 25.5. The van der Waals surface area contributed by atoms with Gasteiger partial charge in [-0.1, -0.05) is 51.1 Å². The molecular formula is C63H81N15O14S. The predicted octanol–water partition coefficient (Wildman–Crippen LogP) is 2.34. The maximum Gasteiger partial charge on any atom is 0.305 e. The number of nitrogens with two attached hydrogens (primary N) is 2. The van der Waals surface area contributed by atoms with Gasteiger partial charge in [-0.15, -0.1) is 0 Å². The fourth-order valence-corrected chi connectivity index (χ4v) is 12.9. The van der Waals surface area contributed by atoms with Crippen LogP contribution in [0.3, 0.4) is 0 Å². The normalized spacial score (nSPS) is 21.7. The number of guanidine groups is 1. The molecule has 8 atom stereocenters. The van der Waals surface area contributed by atoms with Crippen molar-refractivity contribution in [3.8, 4) is 0 Å². The molecule has 8 rings (SSSR count). The van der Waals surface area contributed by atoms with Crippen LogP contribution in [0.15, 0.2) is 53.5 Å². The van der Waals surface area contributed by atoms with E-state index >= 15 is 4.79 Å². The van der Waals surface area contributed by atoms with Crippen LogP contribution in [0.4, 0.5) is 0 Å². The molecule has 0 aliphatic carbocycles. The summed E-state index contributed by atoms with van der Waals surface area (Å²) in [6, 6.07) is 8.37. The van der Waals surface area contributed by atoms with E-state index in [1.165, 1.54) is 6.92 Å². The minimum atomic E-state index is -4.38. The maximum absolute atomic E-state index is 15.1. The van der Waals surface area contributed by atoms with E-state index in [0.29, 0.717) is 44.9 Å². The van der Waals surface area contributed by atoms with E-state index < -0.39 is 118 Å². The Kier molecular flexibility index (Phi) is 22.7. The number of hydrogen-bond acceptors (Lipinski definition) is 16. The first-order chi connectivity index (χ1) is 44.1. The summed E-state index contributed by atoms with van der Waals surface area (Å²) < 4.78 is 32.9. The number of rotatable bonds is 23. The lowest BCUT2D eigenvalue weighted by molar-refractivity contribution is -0.141. The van der Waals surface area contributed by atoms with Crippen molar-refractivity contribution in [1.29, 1.82) is 0 Å². The Hall–Kier alpha value is -9.42. The molecule has 1 aromatic carbocycles. The molecule has 5 aliphatic heterocycles. The van der Waals surface area contributed by atoms with Crippen LogP contribution in [-0.4, -0.2) is 164 Å². The molecule has 0 saturated carbocycles. The zero-order chi connectivity index (χ0) is 67.6. The molecule has 0 spiro atoms. The molecule has 2 aromatic heterocycles. The van der Waals surface area contributed by atoms with Crippen LogP contribution >= 0.6 is 0 Å². The highest BCUT2D eigenvalue weighted by Gasteiger charge is 2.42. The van der Waals surface area contributed by atoms with E-state index in [4.69, 9.17) is 21.4 Å². The number of aromatic amines is 2. The quantitative estimate of drug-likeness (QED) is 0.0213. The number of H-pyrrole nitrogens is 2. The monoisotopic (exact) mass is 1300 g/mol. The van der Waals surface area contributed by atoms with Gasteiger partial charge in [0.1, 0.15) is 24.2 Å². The predicted molar refractivity (Wildman–Crippen MR) is 341 cm³/mol. The average molecular weight is 1300 g/mol. The van der Waals surface area contributed by atoms with Gasteiger partial charge in [-0.05, 0) is 107 Å². The van der Waals surface area contributed by atoms with Crippen LogP contribution in [0, 0.1) is 6.92 Å². The number of aryl methyl sites for hydroxylation is 1. The number of benzene rings is 1. The molecule has 498 valence electrons. The Balaban J connectivity index is 1.07. The molecule has 3 aromatic rings. The largest absolute Gasteiger partial charge is 0.481 e. The van der Waals surface area contributed by atoms with Gasteiger partial charge in [-0.25, -0.2) is 15.4 Å². The van der Waals surface area contributed by atoms with Crippen molar-refractivity contribution < 1.29 is 66.0 Å².